The fraction of sp³-hybridized carbons (Fsp3) is 0.600. The molecule has 4 heteroatoms. The average molecular weight is 276 g/mol. The Morgan fingerprint density at radius 1 is 1.21 bits per heavy atom. The highest BCUT2D eigenvalue weighted by molar-refractivity contribution is 7.10. The van der Waals surface area contributed by atoms with Gasteiger partial charge in [-0.05, 0) is 36.3 Å². The monoisotopic (exact) mass is 276 g/mol. The second kappa shape index (κ2) is 4.00. The Labute approximate surface area is 116 Å². The Morgan fingerprint density at radius 3 is 2.42 bits per heavy atom. The minimum atomic E-state index is -0.497. The highest BCUT2D eigenvalue weighted by Gasteiger charge is 2.63. The molecular formula is C15H16O3S. The summed E-state index contributed by atoms with van der Waals surface area (Å²) in [4.78, 5) is 26.5. The van der Waals surface area contributed by atoms with Gasteiger partial charge in [-0.2, -0.15) is 0 Å². The van der Waals surface area contributed by atoms with Gasteiger partial charge < -0.3 is 4.74 Å². The van der Waals surface area contributed by atoms with Crippen molar-refractivity contribution in [2.45, 2.75) is 44.3 Å². The Balaban J connectivity index is 1.75. The van der Waals surface area contributed by atoms with Crippen molar-refractivity contribution in [3.63, 3.8) is 0 Å². The minimum Gasteiger partial charge on any atom is -0.373 e. The van der Waals surface area contributed by atoms with Gasteiger partial charge in [0.1, 0.15) is 5.92 Å². The molecule has 100 valence electrons. The SMILES string of the molecule is CCc1sccc1C1C(=O)[C@@H]2[C@H](C1=O)[C@H]1CC[C@@H]2O1. The molecule has 3 fully saturated rings. The summed E-state index contributed by atoms with van der Waals surface area (Å²) in [6.45, 7) is 2.08. The largest absolute Gasteiger partial charge is 0.373 e. The molecule has 0 amide bonds. The number of carbonyl (C=O) groups excluding carboxylic acids is 2. The second-order valence-corrected chi connectivity index (χ2v) is 6.73. The number of thiophene rings is 1. The lowest BCUT2D eigenvalue weighted by molar-refractivity contribution is -0.127. The molecule has 2 aliphatic heterocycles. The smallest absolute Gasteiger partial charge is 0.154 e. The van der Waals surface area contributed by atoms with Crippen LogP contribution >= 0.6 is 11.3 Å². The van der Waals surface area contributed by atoms with Crippen LogP contribution in [0.1, 0.15) is 36.1 Å². The van der Waals surface area contributed by atoms with Crippen LogP contribution in [0.3, 0.4) is 0 Å². The van der Waals surface area contributed by atoms with E-state index >= 15 is 0 Å². The number of fused-ring (bicyclic) bond motifs is 5. The minimum absolute atomic E-state index is 0.0140. The van der Waals surface area contributed by atoms with Crippen molar-refractivity contribution in [1.82, 2.24) is 0 Å². The first-order valence-corrected chi connectivity index (χ1v) is 7.89. The molecule has 0 spiro atoms. The standard InChI is InChI=1S/C15H16O3S/c1-2-10-7(5-6-19-10)11-14(16)12-8-3-4-9(18-8)13(12)15(11)17/h5-6,8-9,11-13H,2-4H2,1H3/t8-,9+,11?,12-,13+. The molecule has 3 aliphatic rings. The lowest BCUT2D eigenvalue weighted by Crippen LogP contribution is -2.29. The zero-order valence-electron chi connectivity index (χ0n) is 10.8. The summed E-state index contributed by atoms with van der Waals surface area (Å²) >= 11 is 1.65. The van der Waals surface area contributed by atoms with E-state index in [2.05, 4.69) is 6.92 Å². The Hall–Kier alpha value is -1.00. The van der Waals surface area contributed by atoms with E-state index in [1.165, 1.54) is 4.88 Å². The molecule has 19 heavy (non-hydrogen) atoms. The number of hydrogen-bond donors (Lipinski definition) is 0. The number of aryl methyl sites for hydroxylation is 1. The van der Waals surface area contributed by atoms with Crippen molar-refractivity contribution in [2.24, 2.45) is 11.8 Å². The molecular weight excluding hydrogens is 260 g/mol. The predicted molar refractivity (Wildman–Crippen MR) is 71.3 cm³/mol. The van der Waals surface area contributed by atoms with E-state index in [0.717, 1.165) is 24.8 Å². The van der Waals surface area contributed by atoms with Crippen LogP contribution in [-0.2, 0) is 20.7 Å². The molecule has 1 aromatic rings. The maximum Gasteiger partial charge on any atom is 0.154 e. The molecule has 0 radical (unpaired) electrons. The zero-order chi connectivity index (χ0) is 13.1. The number of Topliss-reactive ketones (excluding diaryl/α,β-unsaturated/α-hetero) is 2. The molecule has 3 nitrogen and oxygen atoms in total. The van der Waals surface area contributed by atoms with Crippen molar-refractivity contribution in [3.8, 4) is 0 Å². The topological polar surface area (TPSA) is 43.4 Å². The maximum atomic E-state index is 12.7. The van der Waals surface area contributed by atoms with Crippen LogP contribution in [0.4, 0.5) is 0 Å². The summed E-state index contributed by atoms with van der Waals surface area (Å²) in [6.07, 6.45) is 2.81. The van der Waals surface area contributed by atoms with E-state index in [1.54, 1.807) is 11.3 Å². The van der Waals surface area contributed by atoms with Gasteiger partial charge in [-0.25, -0.2) is 0 Å². The lowest BCUT2D eigenvalue weighted by Gasteiger charge is -2.16. The first-order valence-electron chi connectivity index (χ1n) is 7.01. The van der Waals surface area contributed by atoms with Crippen molar-refractivity contribution in [1.29, 1.82) is 0 Å². The van der Waals surface area contributed by atoms with Crippen LogP contribution in [0.2, 0.25) is 0 Å². The van der Waals surface area contributed by atoms with Crippen LogP contribution in [0.25, 0.3) is 0 Å². The van der Waals surface area contributed by atoms with Gasteiger partial charge in [-0.1, -0.05) is 6.92 Å². The molecule has 0 N–H and O–H groups in total. The third-order valence-electron chi connectivity index (χ3n) is 4.91. The van der Waals surface area contributed by atoms with Gasteiger partial charge in [0.25, 0.3) is 0 Å². The number of carbonyl (C=O) groups is 2. The van der Waals surface area contributed by atoms with Gasteiger partial charge in [-0.3, -0.25) is 9.59 Å². The van der Waals surface area contributed by atoms with Crippen molar-refractivity contribution >= 4 is 22.9 Å². The summed E-state index contributed by atoms with van der Waals surface area (Å²) < 4.78 is 5.76. The highest BCUT2D eigenvalue weighted by atomic mass is 32.1. The van der Waals surface area contributed by atoms with Gasteiger partial charge in [0.2, 0.25) is 0 Å². The van der Waals surface area contributed by atoms with Gasteiger partial charge >= 0.3 is 0 Å². The Kier molecular flexibility index (Phi) is 2.48. The molecule has 0 aromatic carbocycles. The molecule has 4 rings (SSSR count). The number of ketones is 2. The van der Waals surface area contributed by atoms with E-state index in [1.807, 2.05) is 11.4 Å². The fourth-order valence-corrected chi connectivity index (χ4v) is 4.99. The molecule has 1 aliphatic carbocycles. The van der Waals surface area contributed by atoms with Gasteiger partial charge in [0.05, 0.1) is 24.0 Å². The fourth-order valence-electron chi connectivity index (χ4n) is 4.13. The number of ether oxygens (including phenoxy) is 1. The zero-order valence-corrected chi connectivity index (χ0v) is 11.6. The van der Waals surface area contributed by atoms with Crippen LogP contribution in [0.15, 0.2) is 11.4 Å². The van der Waals surface area contributed by atoms with Crippen LogP contribution in [-0.4, -0.2) is 23.8 Å². The number of rotatable bonds is 2. The van der Waals surface area contributed by atoms with E-state index in [4.69, 9.17) is 4.74 Å². The van der Waals surface area contributed by atoms with E-state index in [0.29, 0.717) is 0 Å². The second-order valence-electron chi connectivity index (χ2n) is 5.73. The van der Waals surface area contributed by atoms with E-state index in [-0.39, 0.29) is 35.6 Å². The van der Waals surface area contributed by atoms with Gasteiger partial charge in [-0.15, -0.1) is 11.3 Å². The van der Waals surface area contributed by atoms with Crippen molar-refractivity contribution in [3.05, 3.63) is 21.9 Å². The maximum absolute atomic E-state index is 12.7. The van der Waals surface area contributed by atoms with Crippen molar-refractivity contribution in [2.75, 3.05) is 0 Å². The van der Waals surface area contributed by atoms with E-state index < -0.39 is 5.92 Å². The highest BCUT2D eigenvalue weighted by Crippen LogP contribution is 2.52. The van der Waals surface area contributed by atoms with Crippen LogP contribution in [0, 0.1) is 11.8 Å². The van der Waals surface area contributed by atoms with Crippen molar-refractivity contribution < 1.29 is 14.3 Å². The van der Waals surface area contributed by atoms with Crippen LogP contribution < -0.4 is 0 Å². The average Bonchev–Trinajstić information content (AvgIpc) is 3.14. The Morgan fingerprint density at radius 2 is 1.84 bits per heavy atom. The summed E-state index contributed by atoms with van der Waals surface area (Å²) in [6, 6.07) is 1.97. The first-order chi connectivity index (χ1) is 9.22. The summed E-state index contributed by atoms with van der Waals surface area (Å²) in [5.74, 6) is -0.560. The first kappa shape index (κ1) is 11.8. The third kappa shape index (κ3) is 1.41. The summed E-state index contributed by atoms with van der Waals surface area (Å²) in [5.41, 5.74) is 0.969. The molecule has 2 bridgehead atoms. The third-order valence-corrected chi connectivity index (χ3v) is 5.99. The molecule has 1 aromatic heterocycles. The molecule has 1 saturated carbocycles. The van der Waals surface area contributed by atoms with E-state index in [9.17, 15) is 9.59 Å². The summed E-state index contributed by atoms with van der Waals surface area (Å²) in [5, 5.41) is 1.99. The Bertz CT molecular complexity index is 533. The predicted octanol–water partition coefficient (Wildman–Crippen LogP) is 2.34. The van der Waals surface area contributed by atoms with Gasteiger partial charge in [0.15, 0.2) is 11.6 Å². The number of hydrogen-bond acceptors (Lipinski definition) is 4. The molecule has 1 unspecified atom stereocenters. The quantitative estimate of drug-likeness (QED) is 0.779. The molecule has 2 saturated heterocycles. The molecule has 3 heterocycles. The summed E-state index contributed by atoms with van der Waals surface area (Å²) in [7, 11) is 0. The normalized spacial score (nSPS) is 40.2. The van der Waals surface area contributed by atoms with Gasteiger partial charge in [0, 0.05) is 4.88 Å². The lowest BCUT2D eigenvalue weighted by atomic mass is 9.81. The van der Waals surface area contributed by atoms with Crippen LogP contribution in [0.5, 0.6) is 0 Å². The molecule has 5 atom stereocenters.